The van der Waals surface area contributed by atoms with E-state index < -0.39 is 0 Å². The Morgan fingerprint density at radius 2 is 1.93 bits per heavy atom. The van der Waals surface area contributed by atoms with Gasteiger partial charge in [-0.25, -0.2) is 0 Å². The number of nitrogens with zero attached hydrogens (tertiary/aromatic N) is 4. The van der Waals surface area contributed by atoms with Crippen LogP contribution in [0.25, 0.3) is 0 Å². The van der Waals surface area contributed by atoms with Crippen LogP contribution in [-0.4, -0.2) is 58.4 Å². The SMILES string of the molecule is Cl.O=C(COCCc1ccccc1)N1CCC(c2nnc3n2CCNC3)CC1. The third-order valence-electron chi connectivity index (χ3n) is 5.47. The van der Waals surface area contributed by atoms with E-state index in [0.29, 0.717) is 12.5 Å². The van der Waals surface area contributed by atoms with Gasteiger partial charge in [-0.3, -0.25) is 4.79 Å². The van der Waals surface area contributed by atoms with Gasteiger partial charge in [-0.2, -0.15) is 0 Å². The Morgan fingerprint density at radius 1 is 1.14 bits per heavy atom. The lowest BCUT2D eigenvalue weighted by Crippen LogP contribution is -2.40. The van der Waals surface area contributed by atoms with Crippen LogP contribution in [0.5, 0.6) is 0 Å². The first kappa shape index (κ1) is 20.8. The first-order valence-corrected chi connectivity index (χ1v) is 9.83. The maximum absolute atomic E-state index is 12.4. The number of carbonyl (C=O) groups is 1. The van der Waals surface area contributed by atoms with Crippen LogP contribution in [0, 0.1) is 0 Å². The summed E-state index contributed by atoms with van der Waals surface area (Å²) in [6.45, 7) is 4.99. The second kappa shape index (κ2) is 10.0. The number of piperidine rings is 1. The van der Waals surface area contributed by atoms with Crippen molar-refractivity contribution in [2.24, 2.45) is 0 Å². The van der Waals surface area contributed by atoms with Crippen molar-refractivity contribution in [1.82, 2.24) is 25.0 Å². The molecule has 0 bridgehead atoms. The first-order chi connectivity index (χ1) is 13.3. The molecule has 4 rings (SSSR count). The van der Waals surface area contributed by atoms with Gasteiger partial charge in [0.25, 0.3) is 0 Å². The van der Waals surface area contributed by atoms with E-state index in [1.54, 1.807) is 0 Å². The number of rotatable bonds is 6. The highest BCUT2D eigenvalue weighted by atomic mass is 35.5. The summed E-state index contributed by atoms with van der Waals surface area (Å²) in [5.41, 5.74) is 1.23. The largest absolute Gasteiger partial charge is 0.371 e. The molecule has 0 aliphatic carbocycles. The maximum atomic E-state index is 12.4. The molecule has 2 aromatic rings. The summed E-state index contributed by atoms with van der Waals surface area (Å²) in [5, 5.41) is 12.1. The van der Waals surface area contributed by atoms with Gasteiger partial charge in [0, 0.05) is 32.1 Å². The Kier molecular flexibility index (Phi) is 7.42. The van der Waals surface area contributed by atoms with E-state index in [1.807, 2.05) is 23.1 Å². The van der Waals surface area contributed by atoms with Gasteiger partial charge >= 0.3 is 0 Å². The molecule has 8 heteroatoms. The smallest absolute Gasteiger partial charge is 0.248 e. The number of amides is 1. The van der Waals surface area contributed by atoms with Crippen LogP contribution in [0.2, 0.25) is 0 Å². The van der Waals surface area contributed by atoms with E-state index in [-0.39, 0.29) is 24.9 Å². The van der Waals surface area contributed by atoms with Crippen molar-refractivity contribution in [1.29, 1.82) is 0 Å². The summed E-state index contributed by atoms with van der Waals surface area (Å²) in [7, 11) is 0. The van der Waals surface area contributed by atoms with Crippen LogP contribution in [0.4, 0.5) is 0 Å². The fourth-order valence-corrected chi connectivity index (χ4v) is 3.89. The van der Waals surface area contributed by atoms with E-state index >= 15 is 0 Å². The summed E-state index contributed by atoms with van der Waals surface area (Å²) in [5.74, 6) is 2.61. The molecule has 7 nitrogen and oxygen atoms in total. The van der Waals surface area contributed by atoms with Crippen LogP contribution in [-0.2, 0) is 29.0 Å². The van der Waals surface area contributed by atoms with Gasteiger partial charge in [0.2, 0.25) is 5.91 Å². The van der Waals surface area contributed by atoms with E-state index in [2.05, 4.69) is 32.2 Å². The molecule has 0 atom stereocenters. The predicted octanol–water partition coefficient (Wildman–Crippen LogP) is 1.77. The fourth-order valence-electron chi connectivity index (χ4n) is 3.89. The summed E-state index contributed by atoms with van der Waals surface area (Å²) in [6, 6.07) is 10.2. The molecule has 1 aromatic heterocycles. The van der Waals surface area contributed by atoms with Crippen molar-refractivity contribution in [3.8, 4) is 0 Å². The fraction of sp³-hybridized carbons (Fsp3) is 0.550. The average Bonchev–Trinajstić information content (AvgIpc) is 3.16. The molecular weight excluding hydrogens is 378 g/mol. The van der Waals surface area contributed by atoms with Crippen molar-refractivity contribution in [3.63, 3.8) is 0 Å². The Balaban J connectivity index is 0.00000225. The highest BCUT2D eigenvalue weighted by Crippen LogP contribution is 2.27. The Bertz CT molecular complexity index is 759. The number of likely N-dealkylation sites (tertiary alicyclic amines) is 1. The highest BCUT2D eigenvalue weighted by Gasteiger charge is 2.28. The monoisotopic (exact) mass is 405 g/mol. The molecule has 28 heavy (non-hydrogen) atoms. The molecule has 1 aromatic carbocycles. The van der Waals surface area contributed by atoms with Crippen LogP contribution < -0.4 is 5.32 Å². The normalized spacial score (nSPS) is 17.1. The lowest BCUT2D eigenvalue weighted by Gasteiger charge is -2.32. The second-order valence-corrected chi connectivity index (χ2v) is 7.25. The van der Waals surface area contributed by atoms with Crippen LogP contribution in [0.15, 0.2) is 30.3 Å². The Hall–Kier alpha value is -1.96. The van der Waals surface area contributed by atoms with Gasteiger partial charge in [0.15, 0.2) is 0 Å². The van der Waals surface area contributed by atoms with Crippen LogP contribution in [0.3, 0.4) is 0 Å². The molecule has 2 aliphatic heterocycles. The lowest BCUT2D eigenvalue weighted by molar-refractivity contribution is -0.137. The topological polar surface area (TPSA) is 72.3 Å². The lowest BCUT2D eigenvalue weighted by atomic mass is 9.95. The number of hydrogen-bond donors (Lipinski definition) is 1. The second-order valence-electron chi connectivity index (χ2n) is 7.25. The number of ether oxygens (including phenoxy) is 1. The van der Waals surface area contributed by atoms with Gasteiger partial charge in [-0.05, 0) is 24.8 Å². The maximum Gasteiger partial charge on any atom is 0.248 e. The summed E-state index contributed by atoms with van der Waals surface area (Å²) in [6.07, 6.45) is 2.73. The van der Waals surface area contributed by atoms with E-state index in [4.69, 9.17) is 4.74 Å². The molecule has 0 saturated carbocycles. The van der Waals surface area contributed by atoms with Gasteiger partial charge in [0.1, 0.15) is 18.3 Å². The summed E-state index contributed by atoms with van der Waals surface area (Å²) >= 11 is 0. The molecule has 0 unspecified atom stereocenters. The molecule has 0 spiro atoms. The number of halogens is 1. The first-order valence-electron chi connectivity index (χ1n) is 9.83. The third kappa shape index (κ3) is 4.90. The molecular formula is C20H28ClN5O2. The highest BCUT2D eigenvalue weighted by molar-refractivity contribution is 5.85. The molecule has 1 amide bonds. The Labute approximate surface area is 171 Å². The van der Waals surface area contributed by atoms with Crippen molar-refractivity contribution in [2.75, 3.05) is 32.8 Å². The zero-order valence-electron chi connectivity index (χ0n) is 16.0. The molecule has 0 radical (unpaired) electrons. The van der Waals surface area contributed by atoms with Crippen molar-refractivity contribution in [3.05, 3.63) is 47.5 Å². The number of benzene rings is 1. The van der Waals surface area contributed by atoms with Gasteiger partial charge in [0.05, 0.1) is 13.2 Å². The number of carbonyl (C=O) groups excluding carboxylic acids is 1. The van der Waals surface area contributed by atoms with E-state index in [1.165, 1.54) is 5.56 Å². The third-order valence-corrected chi connectivity index (χ3v) is 5.47. The molecule has 2 aliphatic rings. The minimum Gasteiger partial charge on any atom is -0.371 e. The number of aromatic nitrogens is 3. The molecule has 3 heterocycles. The quantitative estimate of drug-likeness (QED) is 0.741. The molecule has 1 fully saturated rings. The Morgan fingerprint density at radius 3 is 2.71 bits per heavy atom. The minimum absolute atomic E-state index is 0. The van der Waals surface area contributed by atoms with Crippen LogP contribution >= 0.6 is 12.4 Å². The zero-order valence-corrected chi connectivity index (χ0v) is 16.9. The average molecular weight is 406 g/mol. The van der Waals surface area contributed by atoms with E-state index in [0.717, 1.165) is 63.6 Å². The standard InChI is InChI=1S/C20H27N5O2.ClH/c26-19(15-27-13-8-16-4-2-1-3-5-16)24-10-6-17(7-11-24)20-23-22-18-14-21-9-12-25(18)20;/h1-5,17,21H,6-15H2;1H. The molecule has 1 N–H and O–H groups in total. The number of hydrogen-bond acceptors (Lipinski definition) is 5. The minimum atomic E-state index is 0. The van der Waals surface area contributed by atoms with Crippen molar-refractivity contribution >= 4 is 18.3 Å². The van der Waals surface area contributed by atoms with E-state index in [9.17, 15) is 4.79 Å². The zero-order chi connectivity index (χ0) is 18.5. The van der Waals surface area contributed by atoms with Gasteiger partial charge < -0.3 is 19.5 Å². The summed E-state index contributed by atoms with van der Waals surface area (Å²) in [4.78, 5) is 14.3. The van der Waals surface area contributed by atoms with Crippen LogP contribution in [0.1, 0.15) is 36.0 Å². The van der Waals surface area contributed by atoms with Gasteiger partial charge in [-0.15, -0.1) is 22.6 Å². The predicted molar refractivity (Wildman–Crippen MR) is 108 cm³/mol. The number of nitrogens with one attached hydrogen (secondary N) is 1. The van der Waals surface area contributed by atoms with Crippen molar-refractivity contribution in [2.45, 2.75) is 38.3 Å². The summed E-state index contributed by atoms with van der Waals surface area (Å²) < 4.78 is 7.86. The van der Waals surface area contributed by atoms with Crippen molar-refractivity contribution < 1.29 is 9.53 Å². The number of fused-ring (bicyclic) bond motifs is 1. The molecule has 1 saturated heterocycles. The molecule has 152 valence electrons. The van der Waals surface area contributed by atoms with Gasteiger partial charge in [-0.1, -0.05) is 30.3 Å².